The second-order valence-corrected chi connectivity index (χ2v) is 5.01. The Hall–Kier alpha value is -1.36. The molecule has 0 saturated heterocycles. The Bertz CT molecular complexity index is 378. The number of anilines is 2. The van der Waals surface area contributed by atoms with Crippen LogP contribution in [0, 0.1) is 6.92 Å². The molecule has 0 aromatic carbocycles. The molecule has 1 aromatic heterocycles. The minimum Gasteiger partial charge on any atom is -0.355 e. The van der Waals surface area contributed by atoms with E-state index >= 15 is 0 Å². The number of likely N-dealkylation sites (N-methyl/N-ethyl adjacent to an activating group) is 1. The van der Waals surface area contributed by atoms with Crippen LogP contribution in [0.2, 0.25) is 0 Å². The first-order valence-electron chi connectivity index (χ1n) is 7.06. The number of aryl methyl sites for hydroxylation is 1. The van der Waals surface area contributed by atoms with Gasteiger partial charge in [0, 0.05) is 37.9 Å². The van der Waals surface area contributed by atoms with Gasteiger partial charge in [0.05, 0.1) is 0 Å². The van der Waals surface area contributed by atoms with Crippen molar-refractivity contribution in [3.63, 3.8) is 0 Å². The van der Waals surface area contributed by atoms with Crippen molar-refractivity contribution in [1.82, 2.24) is 14.9 Å². The Balaban J connectivity index is 2.87. The molecule has 0 bridgehead atoms. The molecule has 0 amide bonds. The molecule has 1 heterocycles. The average molecular weight is 265 g/mol. The minimum absolute atomic E-state index is 0.725. The second kappa shape index (κ2) is 7.94. The standard InChI is InChI=1S/C14H27N5/c1-6-8-19(10-9-18(4)5)13-11-12(3)16-14(17-13)15-7-2/h11H,6-10H2,1-5H3,(H,15,16,17). The molecule has 5 heteroatoms. The Morgan fingerprint density at radius 1 is 1.11 bits per heavy atom. The van der Waals surface area contributed by atoms with E-state index < -0.39 is 0 Å². The zero-order chi connectivity index (χ0) is 14.3. The van der Waals surface area contributed by atoms with Crippen molar-refractivity contribution < 1.29 is 0 Å². The molecular weight excluding hydrogens is 238 g/mol. The van der Waals surface area contributed by atoms with Crippen LogP contribution in [-0.4, -0.2) is 55.1 Å². The van der Waals surface area contributed by atoms with Gasteiger partial charge in [-0.2, -0.15) is 4.98 Å². The molecule has 0 saturated carbocycles. The lowest BCUT2D eigenvalue weighted by atomic mass is 10.3. The van der Waals surface area contributed by atoms with E-state index in [0.717, 1.165) is 50.1 Å². The maximum absolute atomic E-state index is 4.61. The predicted molar refractivity (Wildman–Crippen MR) is 82.0 cm³/mol. The molecule has 1 rings (SSSR count). The van der Waals surface area contributed by atoms with E-state index in [1.54, 1.807) is 0 Å². The summed E-state index contributed by atoms with van der Waals surface area (Å²) in [4.78, 5) is 13.5. The highest BCUT2D eigenvalue weighted by Crippen LogP contribution is 2.15. The molecule has 1 aromatic rings. The summed E-state index contributed by atoms with van der Waals surface area (Å²) in [7, 11) is 4.19. The van der Waals surface area contributed by atoms with Crippen molar-refractivity contribution in [3.8, 4) is 0 Å². The van der Waals surface area contributed by atoms with Crippen LogP contribution in [0.15, 0.2) is 6.07 Å². The number of hydrogen-bond donors (Lipinski definition) is 1. The molecule has 0 radical (unpaired) electrons. The third kappa shape index (κ3) is 5.42. The number of nitrogens with one attached hydrogen (secondary N) is 1. The van der Waals surface area contributed by atoms with Crippen LogP contribution < -0.4 is 10.2 Å². The van der Waals surface area contributed by atoms with E-state index in [0.29, 0.717) is 0 Å². The van der Waals surface area contributed by atoms with Gasteiger partial charge in [0.1, 0.15) is 5.82 Å². The van der Waals surface area contributed by atoms with Gasteiger partial charge in [-0.05, 0) is 34.4 Å². The molecule has 0 fully saturated rings. The summed E-state index contributed by atoms with van der Waals surface area (Å²) in [5.74, 6) is 1.75. The molecule has 0 atom stereocenters. The predicted octanol–water partition coefficient (Wildman–Crippen LogP) is 1.99. The van der Waals surface area contributed by atoms with E-state index in [2.05, 4.69) is 59.1 Å². The van der Waals surface area contributed by atoms with E-state index in [-0.39, 0.29) is 0 Å². The molecule has 5 nitrogen and oxygen atoms in total. The highest BCUT2D eigenvalue weighted by Gasteiger charge is 2.10. The average Bonchev–Trinajstić information content (AvgIpc) is 2.34. The van der Waals surface area contributed by atoms with Crippen molar-refractivity contribution >= 4 is 11.8 Å². The highest BCUT2D eigenvalue weighted by atomic mass is 15.2. The fraction of sp³-hybridized carbons (Fsp3) is 0.714. The smallest absolute Gasteiger partial charge is 0.224 e. The van der Waals surface area contributed by atoms with Gasteiger partial charge in [-0.15, -0.1) is 0 Å². The van der Waals surface area contributed by atoms with Crippen molar-refractivity contribution in [3.05, 3.63) is 11.8 Å². The molecule has 0 aliphatic heterocycles. The Kier molecular flexibility index (Phi) is 6.56. The van der Waals surface area contributed by atoms with Crippen molar-refractivity contribution in [1.29, 1.82) is 0 Å². The molecule has 0 spiro atoms. The van der Waals surface area contributed by atoms with Crippen molar-refractivity contribution in [2.24, 2.45) is 0 Å². The lowest BCUT2D eigenvalue weighted by molar-refractivity contribution is 0.412. The summed E-state index contributed by atoms with van der Waals surface area (Å²) in [6.07, 6.45) is 1.12. The van der Waals surface area contributed by atoms with Gasteiger partial charge < -0.3 is 15.1 Å². The summed E-state index contributed by atoms with van der Waals surface area (Å²) in [5.41, 5.74) is 1.01. The Labute approximate surface area is 117 Å². The maximum Gasteiger partial charge on any atom is 0.224 e. The third-order valence-corrected chi connectivity index (χ3v) is 2.81. The SMILES string of the molecule is CCCN(CCN(C)C)c1cc(C)nc(NCC)n1. The number of hydrogen-bond acceptors (Lipinski definition) is 5. The summed E-state index contributed by atoms with van der Waals surface area (Å²) < 4.78 is 0. The lowest BCUT2D eigenvalue weighted by Gasteiger charge is -2.25. The quantitative estimate of drug-likeness (QED) is 0.779. The first-order valence-corrected chi connectivity index (χ1v) is 7.06. The van der Waals surface area contributed by atoms with Crippen molar-refractivity contribution in [2.45, 2.75) is 27.2 Å². The summed E-state index contributed by atoms with van der Waals surface area (Å²) >= 11 is 0. The minimum atomic E-state index is 0.725. The summed E-state index contributed by atoms with van der Waals surface area (Å²) in [6, 6.07) is 2.06. The second-order valence-electron chi connectivity index (χ2n) is 5.01. The van der Waals surface area contributed by atoms with Gasteiger partial charge in [0.15, 0.2) is 0 Å². The Morgan fingerprint density at radius 2 is 1.84 bits per heavy atom. The van der Waals surface area contributed by atoms with Gasteiger partial charge in [-0.3, -0.25) is 0 Å². The number of rotatable bonds is 8. The van der Waals surface area contributed by atoms with E-state index in [4.69, 9.17) is 0 Å². The van der Waals surface area contributed by atoms with Crippen molar-refractivity contribution in [2.75, 3.05) is 50.5 Å². The Morgan fingerprint density at radius 3 is 2.42 bits per heavy atom. The summed E-state index contributed by atoms with van der Waals surface area (Å²) in [6.45, 7) is 10.2. The monoisotopic (exact) mass is 265 g/mol. The van der Waals surface area contributed by atoms with Gasteiger partial charge >= 0.3 is 0 Å². The van der Waals surface area contributed by atoms with E-state index in [9.17, 15) is 0 Å². The normalized spacial score (nSPS) is 10.8. The van der Waals surface area contributed by atoms with Gasteiger partial charge in [-0.25, -0.2) is 4.98 Å². The van der Waals surface area contributed by atoms with E-state index in [1.165, 1.54) is 0 Å². The largest absolute Gasteiger partial charge is 0.355 e. The van der Waals surface area contributed by atoms with Crippen LogP contribution in [0.5, 0.6) is 0 Å². The number of aromatic nitrogens is 2. The number of nitrogens with zero attached hydrogens (tertiary/aromatic N) is 4. The van der Waals surface area contributed by atoms with Crippen LogP contribution >= 0.6 is 0 Å². The third-order valence-electron chi connectivity index (χ3n) is 2.81. The molecule has 108 valence electrons. The molecule has 0 unspecified atom stereocenters. The van der Waals surface area contributed by atoms with Crippen LogP contribution in [0.4, 0.5) is 11.8 Å². The zero-order valence-corrected chi connectivity index (χ0v) is 12.9. The van der Waals surface area contributed by atoms with E-state index in [1.807, 2.05) is 6.92 Å². The molecule has 1 N–H and O–H groups in total. The summed E-state index contributed by atoms with van der Waals surface area (Å²) in [5, 5.41) is 3.19. The zero-order valence-electron chi connectivity index (χ0n) is 12.9. The van der Waals surface area contributed by atoms with Gasteiger partial charge in [0.2, 0.25) is 5.95 Å². The molecule has 19 heavy (non-hydrogen) atoms. The van der Waals surface area contributed by atoms with Crippen LogP contribution in [-0.2, 0) is 0 Å². The van der Waals surface area contributed by atoms with Gasteiger partial charge in [0.25, 0.3) is 0 Å². The van der Waals surface area contributed by atoms with Crippen LogP contribution in [0.1, 0.15) is 26.0 Å². The highest BCUT2D eigenvalue weighted by molar-refractivity contribution is 5.44. The van der Waals surface area contributed by atoms with Crippen LogP contribution in [0.3, 0.4) is 0 Å². The lowest BCUT2D eigenvalue weighted by Crippen LogP contribution is -2.33. The molecule has 0 aliphatic carbocycles. The first-order chi connectivity index (χ1) is 9.06. The molecule has 0 aliphatic rings. The fourth-order valence-electron chi connectivity index (χ4n) is 1.88. The fourth-order valence-corrected chi connectivity index (χ4v) is 1.88. The molecular formula is C14H27N5. The van der Waals surface area contributed by atoms with Crippen LogP contribution in [0.25, 0.3) is 0 Å². The maximum atomic E-state index is 4.61. The topological polar surface area (TPSA) is 44.3 Å². The first kappa shape index (κ1) is 15.7. The van der Waals surface area contributed by atoms with Gasteiger partial charge in [-0.1, -0.05) is 6.92 Å².